The van der Waals surface area contributed by atoms with E-state index in [0.29, 0.717) is 5.15 Å². The fraction of sp³-hybridized carbons (Fsp3) is 0.143. The van der Waals surface area contributed by atoms with E-state index in [0.717, 1.165) is 10.2 Å². The zero-order chi connectivity index (χ0) is 8.55. The van der Waals surface area contributed by atoms with E-state index in [-0.39, 0.29) is 0 Å². The molecule has 0 N–H and O–H groups in total. The second kappa shape index (κ2) is 3.20. The molecule has 0 saturated heterocycles. The third-order valence-corrected chi connectivity index (χ3v) is 4.04. The SMILES string of the molecule is CSc1cc2ncnc(Cl)c2s1. The van der Waals surface area contributed by atoms with Gasteiger partial charge in [-0.1, -0.05) is 11.6 Å². The number of aromatic nitrogens is 2. The molecule has 0 aliphatic rings. The number of hydrogen-bond acceptors (Lipinski definition) is 4. The van der Waals surface area contributed by atoms with E-state index in [1.807, 2.05) is 12.3 Å². The fourth-order valence-corrected chi connectivity index (χ4v) is 2.70. The molecule has 62 valence electrons. The number of thiophene rings is 1. The summed E-state index contributed by atoms with van der Waals surface area (Å²) in [6.45, 7) is 0. The van der Waals surface area contributed by atoms with Gasteiger partial charge in [0, 0.05) is 0 Å². The molecule has 2 rings (SSSR count). The Morgan fingerprint density at radius 3 is 3.00 bits per heavy atom. The van der Waals surface area contributed by atoms with Gasteiger partial charge >= 0.3 is 0 Å². The van der Waals surface area contributed by atoms with Gasteiger partial charge in [-0.3, -0.25) is 0 Å². The third kappa shape index (κ3) is 1.30. The number of nitrogens with zero attached hydrogens (tertiary/aromatic N) is 2. The standard InChI is InChI=1S/C7H5ClN2S2/c1-11-5-2-4-6(12-5)7(8)10-3-9-4/h2-3H,1H3. The molecule has 0 saturated carbocycles. The molecule has 0 aliphatic heterocycles. The van der Waals surface area contributed by atoms with Crippen molar-refractivity contribution < 1.29 is 0 Å². The Labute approximate surface area is 83.0 Å². The first-order chi connectivity index (χ1) is 5.81. The highest BCUT2D eigenvalue weighted by Crippen LogP contribution is 2.33. The van der Waals surface area contributed by atoms with E-state index < -0.39 is 0 Å². The summed E-state index contributed by atoms with van der Waals surface area (Å²) in [5.41, 5.74) is 0.935. The van der Waals surface area contributed by atoms with E-state index in [2.05, 4.69) is 9.97 Å². The molecule has 12 heavy (non-hydrogen) atoms. The lowest BCUT2D eigenvalue weighted by atomic mass is 10.5. The predicted octanol–water partition coefficient (Wildman–Crippen LogP) is 3.07. The van der Waals surface area contributed by atoms with Gasteiger partial charge in [0.15, 0.2) is 0 Å². The number of halogens is 1. The summed E-state index contributed by atoms with van der Waals surface area (Å²) in [5.74, 6) is 0. The second-order valence-corrected chi connectivity index (χ2v) is 4.67. The van der Waals surface area contributed by atoms with Crippen molar-refractivity contribution in [3.63, 3.8) is 0 Å². The highest BCUT2D eigenvalue weighted by molar-refractivity contribution is 8.00. The number of fused-ring (bicyclic) bond motifs is 1. The molecule has 0 unspecified atom stereocenters. The van der Waals surface area contributed by atoms with Crippen LogP contribution in [0.3, 0.4) is 0 Å². The Bertz CT molecular complexity index is 413. The van der Waals surface area contributed by atoms with Crippen molar-refractivity contribution in [2.45, 2.75) is 4.21 Å². The monoisotopic (exact) mass is 216 g/mol. The zero-order valence-corrected chi connectivity index (χ0v) is 8.63. The largest absolute Gasteiger partial charge is 0.235 e. The normalized spacial score (nSPS) is 10.8. The van der Waals surface area contributed by atoms with Crippen LogP contribution in [0.2, 0.25) is 5.15 Å². The van der Waals surface area contributed by atoms with Crippen molar-refractivity contribution in [2.24, 2.45) is 0 Å². The lowest BCUT2D eigenvalue weighted by molar-refractivity contribution is 1.23. The van der Waals surface area contributed by atoms with Crippen LogP contribution in [-0.2, 0) is 0 Å². The maximum absolute atomic E-state index is 5.88. The zero-order valence-electron chi connectivity index (χ0n) is 6.24. The molecule has 0 atom stereocenters. The molecule has 0 spiro atoms. The number of thioether (sulfide) groups is 1. The Morgan fingerprint density at radius 2 is 2.33 bits per heavy atom. The lowest BCUT2D eigenvalue weighted by Gasteiger charge is -1.87. The first kappa shape index (κ1) is 8.29. The minimum atomic E-state index is 0.547. The summed E-state index contributed by atoms with van der Waals surface area (Å²) in [6, 6.07) is 2.03. The van der Waals surface area contributed by atoms with Crippen LogP contribution in [0.4, 0.5) is 0 Å². The minimum Gasteiger partial charge on any atom is -0.235 e. The molecule has 0 aromatic carbocycles. The molecular weight excluding hydrogens is 212 g/mol. The Balaban J connectivity index is 2.74. The summed E-state index contributed by atoms with van der Waals surface area (Å²) in [7, 11) is 0. The first-order valence-corrected chi connectivity index (χ1v) is 5.67. The Hall–Kier alpha value is -0.320. The van der Waals surface area contributed by atoms with Gasteiger partial charge in [0.05, 0.1) is 14.4 Å². The van der Waals surface area contributed by atoms with Crippen molar-refractivity contribution >= 4 is 44.9 Å². The number of rotatable bonds is 1. The van der Waals surface area contributed by atoms with Gasteiger partial charge in [0.25, 0.3) is 0 Å². The van der Waals surface area contributed by atoms with Crippen LogP contribution in [-0.4, -0.2) is 16.2 Å². The molecule has 2 aromatic heterocycles. The van der Waals surface area contributed by atoms with Crippen LogP contribution < -0.4 is 0 Å². The Kier molecular flexibility index (Phi) is 2.21. The van der Waals surface area contributed by atoms with Crippen molar-refractivity contribution in [2.75, 3.05) is 6.26 Å². The molecule has 5 heteroatoms. The summed E-state index contributed by atoms with van der Waals surface area (Å²) < 4.78 is 2.19. The second-order valence-electron chi connectivity index (χ2n) is 2.15. The molecule has 0 radical (unpaired) electrons. The minimum absolute atomic E-state index is 0.547. The molecule has 2 heterocycles. The van der Waals surface area contributed by atoms with Crippen molar-refractivity contribution in [3.8, 4) is 0 Å². The van der Waals surface area contributed by atoms with Crippen LogP contribution in [0.15, 0.2) is 16.6 Å². The molecule has 0 amide bonds. The molecule has 2 nitrogen and oxygen atoms in total. The molecule has 0 fully saturated rings. The highest BCUT2D eigenvalue weighted by atomic mass is 35.5. The van der Waals surface area contributed by atoms with Gasteiger partial charge in [-0.25, -0.2) is 9.97 Å². The quantitative estimate of drug-likeness (QED) is 0.541. The summed E-state index contributed by atoms with van der Waals surface area (Å²) in [4.78, 5) is 8.02. The predicted molar refractivity (Wildman–Crippen MR) is 54.2 cm³/mol. The summed E-state index contributed by atoms with van der Waals surface area (Å²) >= 11 is 9.20. The molecular formula is C7H5ClN2S2. The van der Waals surface area contributed by atoms with Gasteiger partial charge in [0.2, 0.25) is 0 Å². The van der Waals surface area contributed by atoms with Crippen molar-refractivity contribution in [1.82, 2.24) is 9.97 Å². The van der Waals surface area contributed by atoms with E-state index in [4.69, 9.17) is 11.6 Å². The summed E-state index contributed by atoms with van der Waals surface area (Å²) in [6.07, 6.45) is 3.52. The van der Waals surface area contributed by atoms with E-state index in [1.54, 1.807) is 23.1 Å². The van der Waals surface area contributed by atoms with Gasteiger partial charge in [0.1, 0.15) is 11.5 Å². The van der Waals surface area contributed by atoms with Crippen LogP contribution in [0.1, 0.15) is 0 Å². The maximum atomic E-state index is 5.88. The van der Waals surface area contributed by atoms with Crippen LogP contribution in [0.25, 0.3) is 10.2 Å². The van der Waals surface area contributed by atoms with Gasteiger partial charge in [-0.2, -0.15) is 0 Å². The fourth-order valence-electron chi connectivity index (χ4n) is 0.904. The molecule has 0 bridgehead atoms. The third-order valence-electron chi connectivity index (χ3n) is 1.45. The van der Waals surface area contributed by atoms with Crippen LogP contribution in [0.5, 0.6) is 0 Å². The first-order valence-electron chi connectivity index (χ1n) is 3.25. The molecule has 0 aliphatic carbocycles. The summed E-state index contributed by atoms with van der Waals surface area (Å²) in [5, 5.41) is 0.547. The van der Waals surface area contributed by atoms with Gasteiger partial charge < -0.3 is 0 Å². The smallest absolute Gasteiger partial charge is 0.150 e. The topological polar surface area (TPSA) is 25.8 Å². The van der Waals surface area contributed by atoms with Crippen LogP contribution >= 0.6 is 34.7 Å². The van der Waals surface area contributed by atoms with Gasteiger partial charge in [-0.05, 0) is 12.3 Å². The van der Waals surface area contributed by atoms with Crippen LogP contribution in [0, 0.1) is 0 Å². The van der Waals surface area contributed by atoms with E-state index >= 15 is 0 Å². The maximum Gasteiger partial charge on any atom is 0.150 e. The highest BCUT2D eigenvalue weighted by Gasteiger charge is 2.05. The Morgan fingerprint density at radius 1 is 1.50 bits per heavy atom. The lowest BCUT2D eigenvalue weighted by Crippen LogP contribution is -1.76. The number of hydrogen-bond donors (Lipinski definition) is 0. The van der Waals surface area contributed by atoms with Crippen molar-refractivity contribution in [1.29, 1.82) is 0 Å². The van der Waals surface area contributed by atoms with E-state index in [1.165, 1.54) is 10.5 Å². The molecule has 2 aromatic rings. The average molecular weight is 217 g/mol. The van der Waals surface area contributed by atoms with E-state index in [9.17, 15) is 0 Å². The average Bonchev–Trinajstić information content (AvgIpc) is 2.49. The van der Waals surface area contributed by atoms with Gasteiger partial charge in [-0.15, -0.1) is 23.1 Å². The van der Waals surface area contributed by atoms with Crippen molar-refractivity contribution in [3.05, 3.63) is 17.5 Å².